The first kappa shape index (κ1) is 20.6. The summed E-state index contributed by atoms with van der Waals surface area (Å²) >= 11 is 0. The van der Waals surface area contributed by atoms with E-state index in [2.05, 4.69) is 19.9 Å². The van der Waals surface area contributed by atoms with Crippen LogP contribution in [0, 0.1) is 12.5 Å². The molecule has 29 heavy (non-hydrogen) atoms. The predicted molar refractivity (Wildman–Crippen MR) is 112 cm³/mol. The van der Waals surface area contributed by atoms with Gasteiger partial charge in [0.25, 0.3) is 0 Å². The molecule has 1 N–H and O–H groups in total. The first-order chi connectivity index (χ1) is 13.9. The van der Waals surface area contributed by atoms with E-state index in [1.54, 1.807) is 12.1 Å². The molecule has 3 rings (SSSR count). The molecule has 2 atom stereocenters. The van der Waals surface area contributed by atoms with Crippen LogP contribution < -0.4 is 5.32 Å². The zero-order valence-electron chi connectivity index (χ0n) is 17.0. The van der Waals surface area contributed by atoms with Crippen molar-refractivity contribution >= 4 is 29.0 Å². The number of likely N-dealkylation sites (tertiary alicyclic amines) is 1. The Bertz CT molecular complexity index is 880. The van der Waals surface area contributed by atoms with Crippen LogP contribution in [0.4, 0.5) is 10.5 Å². The van der Waals surface area contributed by atoms with Gasteiger partial charge >= 0.3 is 6.09 Å². The Kier molecular flexibility index (Phi) is 6.32. The summed E-state index contributed by atoms with van der Waals surface area (Å²) in [7, 11) is 1.29. The van der Waals surface area contributed by atoms with Crippen molar-refractivity contribution < 1.29 is 14.3 Å². The molecule has 1 aromatic carbocycles. The van der Waals surface area contributed by atoms with Crippen LogP contribution >= 0.6 is 0 Å². The molecule has 1 fully saturated rings. The van der Waals surface area contributed by atoms with Crippen LogP contribution in [-0.4, -0.2) is 48.4 Å². The van der Waals surface area contributed by atoms with Crippen molar-refractivity contribution in [1.29, 1.82) is 0 Å². The summed E-state index contributed by atoms with van der Waals surface area (Å²) < 4.78 is 4.68. The average molecular weight is 394 g/mol. The highest BCUT2D eigenvalue weighted by Gasteiger charge is 2.38. The summed E-state index contributed by atoms with van der Waals surface area (Å²) in [5.74, 6) is -0.145. The number of ether oxygens (including phenoxy) is 1. The molecule has 2 heterocycles. The molecule has 2 aliphatic rings. The zero-order valence-corrected chi connectivity index (χ0v) is 17.0. The number of carbonyl (C=O) groups is 2. The molecule has 2 amide bonds. The first-order valence-electron chi connectivity index (χ1n) is 9.83. The summed E-state index contributed by atoms with van der Waals surface area (Å²) in [6.07, 6.45) is 3.72. The van der Waals surface area contributed by atoms with E-state index in [0.717, 1.165) is 29.7 Å². The number of methoxy groups -OCH3 is 1. The van der Waals surface area contributed by atoms with Gasteiger partial charge in [-0.2, -0.15) is 0 Å². The lowest BCUT2D eigenvalue weighted by Gasteiger charge is -2.31. The zero-order chi connectivity index (χ0) is 21.0. The van der Waals surface area contributed by atoms with Gasteiger partial charge < -0.3 is 15.0 Å². The van der Waals surface area contributed by atoms with E-state index in [-0.39, 0.29) is 17.9 Å². The fourth-order valence-electron chi connectivity index (χ4n) is 3.83. The molecule has 7 heteroatoms. The molecule has 0 bridgehead atoms. The summed E-state index contributed by atoms with van der Waals surface area (Å²) in [4.78, 5) is 34.7. The number of hydrogen-bond donors (Lipinski definition) is 1. The van der Waals surface area contributed by atoms with Crippen LogP contribution in [-0.2, 0) is 9.53 Å². The van der Waals surface area contributed by atoms with Gasteiger partial charge in [-0.15, -0.1) is 0 Å². The summed E-state index contributed by atoms with van der Waals surface area (Å²) in [5.41, 5.74) is 3.71. The van der Waals surface area contributed by atoms with Gasteiger partial charge in [-0.1, -0.05) is 38.1 Å². The Morgan fingerprint density at radius 2 is 2.03 bits per heavy atom. The molecule has 1 aromatic rings. The van der Waals surface area contributed by atoms with Crippen molar-refractivity contribution in [1.82, 2.24) is 10.2 Å². The van der Waals surface area contributed by atoms with Crippen molar-refractivity contribution in [2.45, 2.75) is 45.2 Å². The third-order valence-electron chi connectivity index (χ3n) is 5.44. The Labute approximate surface area is 171 Å². The number of allylic oxidation sites excluding steroid dienone is 1. The summed E-state index contributed by atoms with van der Waals surface area (Å²) in [6, 6.07) is 6.80. The van der Waals surface area contributed by atoms with Crippen LogP contribution in [0.2, 0.25) is 0 Å². The third kappa shape index (κ3) is 4.48. The van der Waals surface area contributed by atoms with E-state index in [1.807, 2.05) is 37.1 Å². The van der Waals surface area contributed by atoms with E-state index in [9.17, 15) is 9.59 Å². The van der Waals surface area contributed by atoms with E-state index in [4.69, 9.17) is 6.57 Å². The number of benzene rings is 1. The Morgan fingerprint density at radius 3 is 2.66 bits per heavy atom. The molecule has 0 saturated carbocycles. The van der Waals surface area contributed by atoms with Gasteiger partial charge in [0.2, 0.25) is 5.91 Å². The first-order valence-corrected chi connectivity index (χ1v) is 9.83. The lowest BCUT2D eigenvalue weighted by molar-refractivity contribution is -0.134. The largest absolute Gasteiger partial charge is 0.453 e. The van der Waals surface area contributed by atoms with Gasteiger partial charge in [-0.25, -0.2) is 9.64 Å². The second kappa shape index (κ2) is 8.91. The normalized spacial score (nSPS) is 19.4. The van der Waals surface area contributed by atoms with Gasteiger partial charge in [0.05, 0.1) is 19.7 Å². The number of amides is 2. The van der Waals surface area contributed by atoms with Crippen molar-refractivity contribution in [3.63, 3.8) is 0 Å². The number of rotatable bonds is 5. The second-order valence-electron chi connectivity index (χ2n) is 7.66. The van der Waals surface area contributed by atoms with Gasteiger partial charge in [0.1, 0.15) is 6.04 Å². The minimum absolute atomic E-state index is 0.0528. The van der Waals surface area contributed by atoms with Crippen molar-refractivity contribution in [2.24, 2.45) is 10.9 Å². The molecule has 0 unspecified atom stereocenters. The third-order valence-corrected chi connectivity index (χ3v) is 5.44. The van der Waals surface area contributed by atoms with E-state index < -0.39 is 12.1 Å². The SMILES string of the molecule is [C-]#[N+]c1ccc(C2=CN=C([C@@H]3CCCN3C(=O)[C@@H](NC(=O)OC)C(C)C)C2)cc1. The predicted octanol–water partition coefficient (Wildman–Crippen LogP) is 3.79. The lowest BCUT2D eigenvalue weighted by Crippen LogP contribution is -2.53. The summed E-state index contributed by atoms with van der Waals surface area (Å²) in [6.45, 7) is 11.5. The van der Waals surface area contributed by atoms with Crippen molar-refractivity contribution in [3.8, 4) is 0 Å². The number of alkyl carbamates (subject to hydrolysis) is 1. The Hall–Kier alpha value is -3.14. The molecule has 0 aliphatic carbocycles. The number of nitrogens with one attached hydrogen (secondary N) is 1. The molecule has 7 nitrogen and oxygen atoms in total. The fourth-order valence-corrected chi connectivity index (χ4v) is 3.83. The van der Waals surface area contributed by atoms with Crippen LogP contribution in [0.5, 0.6) is 0 Å². The number of aliphatic imine (C=N–C) groups is 1. The molecule has 0 radical (unpaired) electrons. The lowest BCUT2D eigenvalue weighted by atomic mass is 9.97. The maximum Gasteiger partial charge on any atom is 0.407 e. The summed E-state index contributed by atoms with van der Waals surface area (Å²) in [5, 5.41) is 2.67. The standard InChI is InChI=1S/C22H26N4O3/c1-14(2)20(25-22(28)29-4)21(27)26-11-5-6-19(26)18-12-16(13-24-18)15-7-9-17(23-3)10-8-15/h7-10,13-14,19-20H,5-6,11-12H2,1-2,4H3,(H,25,28)/t19-,20-/m0/s1. The molecule has 0 aromatic heterocycles. The minimum Gasteiger partial charge on any atom is -0.453 e. The number of nitrogens with zero attached hydrogens (tertiary/aromatic N) is 3. The van der Waals surface area contributed by atoms with Gasteiger partial charge in [0, 0.05) is 24.9 Å². The highest BCUT2D eigenvalue weighted by Crippen LogP contribution is 2.31. The average Bonchev–Trinajstić information content (AvgIpc) is 3.40. The van der Waals surface area contributed by atoms with Crippen molar-refractivity contribution in [2.75, 3.05) is 13.7 Å². The molecule has 2 aliphatic heterocycles. The highest BCUT2D eigenvalue weighted by atomic mass is 16.5. The van der Waals surface area contributed by atoms with Gasteiger partial charge in [-0.3, -0.25) is 9.79 Å². The Balaban J connectivity index is 1.70. The molecule has 0 spiro atoms. The van der Waals surface area contributed by atoms with E-state index in [1.165, 1.54) is 7.11 Å². The molecular weight excluding hydrogens is 368 g/mol. The van der Waals surface area contributed by atoms with Gasteiger partial charge in [0.15, 0.2) is 5.69 Å². The monoisotopic (exact) mass is 394 g/mol. The number of carbonyl (C=O) groups excluding carboxylic acids is 2. The minimum atomic E-state index is -0.626. The fraction of sp³-hybridized carbons (Fsp3) is 0.455. The van der Waals surface area contributed by atoms with Gasteiger partial charge in [-0.05, 0) is 29.9 Å². The van der Waals surface area contributed by atoms with Crippen LogP contribution in [0.25, 0.3) is 10.4 Å². The van der Waals surface area contributed by atoms with E-state index in [0.29, 0.717) is 18.7 Å². The van der Waals surface area contributed by atoms with Crippen LogP contribution in [0.15, 0.2) is 35.5 Å². The molecular formula is C22H26N4O3. The number of hydrogen-bond acceptors (Lipinski definition) is 4. The van der Waals surface area contributed by atoms with Crippen molar-refractivity contribution in [3.05, 3.63) is 47.4 Å². The van der Waals surface area contributed by atoms with E-state index >= 15 is 0 Å². The maximum atomic E-state index is 13.2. The second-order valence-corrected chi connectivity index (χ2v) is 7.66. The van der Waals surface area contributed by atoms with Crippen LogP contribution in [0.3, 0.4) is 0 Å². The quantitative estimate of drug-likeness (QED) is 0.772. The molecule has 152 valence electrons. The Morgan fingerprint density at radius 1 is 1.31 bits per heavy atom. The topological polar surface area (TPSA) is 75.4 Å². The van der Waals surface area contributed by atoms with Crippen LogP contribution in [0.1, 0.15) is 38.7 Å². The highest BCUT2D eigenvalue weighted by molar-refractivity contribution is 6.03. The smallest absolute Gasteiger partial charge is 0.407 e. The maximum absolute atomic E-state index is 13.2. The molecule has 1 saturated heterocycles.